The second kappa shape index (κ2) is 6.87. The van der Waals surface area contributed by atoms with Gasteiger partial charge in [-0.2, -0.15) is 0 Å². The number of hydrogen-bond donors (Lipinski definition) is 1. The van der Waals surface area contributed by atoms with Gasteiger partial charge in [0.25, 0.3) is 0 Å². The van der Waals surface area contributed by atoms with Gasteiger partial charge in [-0.3, -0.25) is 4.90 Å². The molecule has 2 nitrogen and oxygen atoms in total. The highest BCUT2D eigenvalue weighted by atomic mass is 79.9. The van der Waals surface area contributed by atoms with Crippen LogP contribution in [-0.2, 0) is 0 Å². The topological polar surface area (TPSA) is 29.3 Å². The van der Waals surface area contributed by atoms with Crippen molar-refractivity contribution in [3.63, 3.8) is 0 Å². The minimum absolute atomic E-state index is 0.236. The predicted octanol–water partition coefficient (Wildman–Crippen LogP) is 3.96. The zero-order valence-corrected chi connectivity index (χ0v) is 13.6. The second-order valence-corrected chi connectivity index (χ2v) is 6.87. The van der Waals surface area contributed by atoms with Gasteiger partial charge in [0, 0.05) is 17.1 Å². The van der Waals surface area contributed by atoms with Gasteiger partial charge in [0.2, 0.25) is 0 Å². The van der Waals surface area contributed by atoms with E-state index in [9.17, 15) is 0 Å². The Morgan fingerprint density at radius 1 is 1.32 bits per heavy atom. The molecule has 2 atom stereocenters. The van der Waals surface area contributed by atoms with Crippen molar-refractivity contribution in [2.45, 2.75) is 45.2 Å². The van der Waals surface area contributed by atoms with Gasteiger partial charge in [-0.05, 0) is 36.9 Å². The Morgan fingerprint density at radius 3 is 2.74 bits per heavy atom. The number of nitrogens with zero attached hydrogens (tertiary/aromatic N) is 1. The van der Waals surface area contributed by atoms with E-state index in [1.807, 2.05) is 0 Å². The van der Waals surface area contributed by atoms with Crippen LogP contribution in [0.1, 0.15) is 44.7 Å². The molecule has 19 heavy (non-hydrogen) atoms. The molecule has 1 aromatic carbocycles. The smallest absolute Gasteiger partial charge is 0.0510 e. The van der Waals surface area contributed by atoms with Crippen molar-refractivity contribution >= 4 is 15.9 Å². The number of nitrogens with two attached hydrogens (primary N) is 1. The first-order valence-electron chi connectivity index (χ1n) is 7.33. The van der Waals surface area contributed by atoms with Crippen LogP contribution in [0.2, 0.25) is 0 Å². The summed E-state index contributed by atoms with van der Waals surface area (Å²) in [7, 11) is 0. The van der Waals surface area contributed by atoms with E-state index >= 15 is 0 Å². The van der Waals surface area contributed by atoms with E-state index in [-0.39, 0.29) is 6.04 Å². The van der Waals surface area contributed by atoms with Crippen LogP contribution < -0.4 is 5.73 Å². The van der Waals surface area contributed by atoms with Crippen molar-refractivity contribution in [3.05, 3.63) is 34.3 Å². The summed E-state index contributed by atoms with van der Waals surface area (Å²) in [5, 5.41) is 0. The molecule has 0 spiro atoms. The Labute approximate surface area is 125 Å². The van der Waals surface area contributed by atoms with Gasteiger partial charge < -0.3 is 5.73 Å². The summed E-state index contributed by atoms with van der Waals surface area (Å²) in [6.07, 6.45) is 3.64. The molecule has 3 heteroatoms. The number of rotatable bonds is 3. The highest BCUT2D eigenvalue weighted by molar-refractivity contribution is 9.10. The van der Waals surface area contributed by atoms with Crippen LogP contribution >= 0.6 is 15.9 Å². The minimum Gasteiger partial charge on any atom is -0.326 e. The first-order valence-corrected chi connectivity index (χ1v) is 8.13. The van der Waals surface area contributed by atoms with E-state index in [2.05, 4.69) is 58.9 Å². The van der Waals surface area contributed by atoms with Gasteiger partial charge in [-0.1, -0.05) is 54.4 Å². The summed E-state index contributed by atoms with van der Waals surface area (Å²) in [6, 6.07) is 9.11. The van der Waals surface area contributed by atoms with Crippen molar-refractivity contribution in [1.82, 2.24) is 4.90 Å². The van der Waals surface area contributed by atoms with E-state index in [0.717, 1.165) is 19.5 Å². The fourth-order valence-corrected chi connectivity index (χ4v) is 3.60. The lowest BCUT2D eigenvalue weighted by atomic mass is 9.95. The fraction of sp³-hybridized carbons (Fsp3) is 0.625. The third-order valence-electron chi connectivity index (χ3n) is 3.86. The SMILES string of the molecule is CC(C)CN1CCCCC(N)C1c1ccccc1Br. The number of hydrogen-bond acceptors (Lipinski definition) is 2. The molecular weight excluding hydrogens is 300 g/mol. The molecule has 1 heterocycles. The third-order valence-corrected chi connectivity index (χ3v) is 4.58. The van der Waals surface area contributed by atoms with E-state index in [4.69, 9.17) is 5.73 Å². The molecule has 1 saturated heterocycles. The average molecular weight is 325 g/mol. The second-order valence-electron chi connectivity index (χ2n) is 6.01. The molecule has 1 aromatic rings. The van der Waals surface area contributed by atoms with Gasteiger partial charge >= 0.3 is 0 Å². The first-order chi connectivity index (χ1) is 9.09. The zero-order valence-electron chi connectivity index (χ0n) is 12.0. The lowest BCUT2D eigenvalue weighted by molar-refractivity contribution is 0.165. The van der Waals surface area contributed by atoms with Gasteiger partial charge in [0.15, 0.2) is 0 Å². The Balaban J connectivity index is 2.31. The number of likely N-dealkylation sites (tertiary alicyclic amines) is 1. The molecule has 2 N–H and O–H groups in total. The molecule has 2 rings (SSSR count). The average Bonchev–Trinajstić information content (AvgIpc) is 2.52. The summed E-state index contributed by atoms with van der Waals surface area (Å²) >= 11 is 3.70. The molecule has 0 bridgehead atoms. The molecule has 1 fully saturated rings. The highest BCUT2D eigenvalue weighted by Gasteiger charge is 2.30. The van der Waals surface area contributed by atoms with Crippen LogP contribution in [0.3, 0.4) is 0 Å². The molecular formula is C16H25BrN2. The summed E-state index contributed by atoms with van der Waals surface area (Å²) in [5.41, 5.74) is 7.83. The van der Waals surface area contributed by atoms with Gasteiger partial charge in [0.05, 0.1) is 6.04 Å². The maximum atomic E-state index is 6.48. The summed E-state index contributed by atoms with van der Waals surface area (Å²) in [6.45, 7) is 6.86. The van der Waals surface area contributed by atoms with E-state index in [1.165, 1.54) is 22.9 Å². The van der Waals surface area contributed by atoms with E-state index in [0.29, 0.717) is 12.0 Å². The van der Waals surface area contributed by atoms with E-state index < -0.39 is 0 Å². The van der Waals surface area contributed by atoms with Crippen molar-refractivity contribution < 1.29 is 0 Å². The predicted molar refractivity (Wildman–Crippen MR) is 85.1 cm³/mol. The molecule has 2 unspecified atom stereocenters. The standard InChI is InChI=1S/C16H25BrN2/c1-12(2)11-19-10-6-5-9-15(18)16(19)13-7-3-4-8-14(13)17/h3-4,7-8,12,15-16H,5-6,9-11,18H2,1-2H3. The number of benzene rings is 1. The Hall–Kier alpha value is -0.380. The third kappa shape index (κ3) is 3.80. The normalized spacial score (nSPS) is 25.5. The Bertz CT molecular complexity index is 405. The largest absolute Gasteiger partial charge is 0.326 e. The highest BCUT2D eigenvalue weighted by Crippen LogP contribution is 2.34. The van der Waals surface area contributed by atoms with Gasteiger partial charge in [0.1, 0.15) is 0 Å². The maximum absolute atomic E-state index is 6.48. The van der Waals surface area contributed by atoms with Gasteiger partial charge in [-0.15, -0.1) is 0 Å². The van der Waals surface area contributed by atoms with Crippen molar-refractivity contribution in [2.75, 3.05) is 13.1 Å². The van der Waals surface area contributed by atoms with Crippen molar-refractivity contribution in [1.29, 1.82) is 0 Å². The zero-order chi connectivity index (χ0) is 13.8. The molecule has 0 aliphatic carbocycles. The van der Waals surface area contributed by atoms with Crippen molar-refractivity contribution in [3.8, 4) is 0 Å². The van der Waals surface area contributed by atoms with Crippen LogP contribution in [0, 0.1) is 5.92 Å². The molecule has 0 amide bonds. The Kier molecular flexibility index (Phi) is 5.43. The molecule has 1 aliphatic rings. The van der Waals surface area contributed by atoms with Crippen LogP contribution in [0.4, 0.5) is 0 Å². The minimum atomic E-state index is 0.236. The van der Waals surface area contributed by atoms with Gasteiger partial charge in [-0.25, -0.2) is 0 Å². The quantitative estimate of drug-likeness (QED) is 0.911. The lowest BCUT2D eigenvalue weighted by Gasteiger charge is -2.35. The molecule has 0 saturated carbocycles. The fourth-order valence-electron chi connectivity index (χ4n) is 3.08. The number of halogens is 1. The molecule has 106 valence electrons. The van der Waals surface area contributed by atoms with E-state index in [1.54, 1.807) is 0 Å². The van der Waals surface area contributed by atoms with Crippen LogP contribution in [-0.4, -0.2) is 24.0 Å². The molecule has 1 aliphatic heterocycles. The maximum Gasteiger partial charge on any atom is 0.0510 e. The Morgan fingerprint density at radius 2 is 2.05 bits per heavy atom. The van der Waals surface area contributed by atoms with Crippen molar-refractivity contribution in [2.24, 2.45) is 11.7 Å². The monoisotopic (exact) mass is 324 g/mol. The molecule has 0 aromatic heterocycles. The first kappa shape index (κ1) is 15.0. The summed E-state index contributed by atoms with van der Waals surface area (Å²) < 4.78 is 1.19. The van der Waals surface area contributed by atoms with Crippen LogP contribution in [0.15, 0.2) is 28.7 Å². The molecule has 0 radical (unpaired) electrons. The summed E-state index contributed by atoms with van der Waals surface area (Å²) in [5.74, 6) is 0.676. The van der Waals surface area contributed by atoms with Crippen LogP contribution in [0.5, 0.6) is 0 Å². The van der Waals surface area contributed by atoms with Crippen LogP contribution in [0.25, 0.3) is 0 Å². The lowest BCUT2D eigenvalue weighted by Crippen LogP contribution is -2.41. The summed E-state index contributed by atoms with van der Waals surface area (Å²) in [4.78, 5) is 2.59.